The Morgan fingerprint density at radius 3 is 2.19 bits per heavy atom. The molecule has 12 nitrogen and oxygen atoms in total. The number of nitrogens with one attached hydrogen (secondary N) is 4. The predicted molar refractivity (Wildman–Crippen MR) is 136 cm³/mol. The maximum atomic E-state index is 13.3. The summed E-state index contributed by atoms with van der Waals surface area (Å²) >= 11 is 0. The van der Waals surface area contributed by atoms with E-state index in [1.807, 2.05) is 20.8 Å². The number of carboxylic acid groups (broad SMARTS) is 1. The minimum Gasteiger partial charge on any atom is -0.480 e. The Kier molecular flexibility index (Phi) is 13.7. The van der Waals surface area contributed by atoms with E-state index in [2.05, 4.69) is 25.9 Å². The first-order chi connectivity index (χ1) is 17.0. The maximum absolute atomic E-state index is 13.3. The van der Waals surface area contributed by atoms with Crippen LogP contribution in [-0.4, -0.2) is 69.5 Å². The smallest absolute Gasteiger partial charge is 0.326 e. The summed E-state index contributed by atoms with van der Waals surface area (Å²) in [6, 6.07) is -3.91. The summed E-state index contributed by atoms with van der Waals surface area (Å²) in [5, 5.41) is 17.5. The third kappa shape index (κ3) is 10.7. The second kappa shape index (κ2) is 15.9. The van der Waals surface area contributed by atoms with Crippen LogP contribution in [-0.2, 0) is 25.6 Å². The number of carbonyl (C=O) groups is 4. The fraction of sp³-hybridized carbons (Fsp3) is 0.708. The summed E-state index contributed by atoms with van der Waals surface area (Å²) in [5.41, 5.74) is 12.1. The predicted octanol–water partition coefficient (Wildman–Crippen LogP) is 0.0397. The Bertz CT molecular complexity index is 831. The van der Waals surface area contributed by atoms with Gasteiger partial charge < -0.3 is 37.5 Å². The molecule has 0 fully saturated rings. The van der Waals surface area contributed by atoms with Gasteiger partial charge in [-0.2, -0.15) is 0 Å². The molecule has 1 aromatic rings. The number of rotatable bonds is 17. The fourth-order valence-electron chi connectivity index (χ4n) is 3.69. The second-order valence-electron chi connectivity index (χ2n) is 9.63. The second-order valence-corrected chi connectivity index (χ2v) is 9.63. The molecule has 204 valence electrons. The number of aliphatic carboxylic acids is 1. The quantitative estimate of drug-likeness (QED) is 0.142. The van der Waals surface area contributed by atoms with E-state index < -0.39 is 47.9 Å². The van der Waals surface area contributed by atoms with Gasteiger partial charge in [0, 0.05) is 18.3 Å². The largest absolute Gasteiger partial charge is 0.480 e. The Labute approximate surface area is 212 Å². The van der Waals surface area contributed by atoms with Crippen molar-refractivity contribution in [1.82, 2.24) is 25.9 Å². The van der Waals surface area contributed by atoms with Gasteiger partial charge in [0.05, 0.1) is 12.4 Å². The fourth-order valence-corrected chi connectivity index (χ4v) is 3.69. The molecule has 0 aromatic carbocycles. The highest BCUT2D eigenvalue weighted by atomic mass is 16.4. The number of hydrogen-bond donors (Lipinski definition) is 7. The monoisotopic (exact) mass is 509 g/mol. The molecule has 36 heavy (non-hydrogen) atoms. The van der Waals surface area contributed by atoms with E-state index in [1.54, 1.807) is 6.92 Å². The molecule has 5 unspecified atom stereocenters. The maximum Gasteiger partial charge on any atom is 0.326 e. The number of nitrogens with zero attached hydrogens (tertiary/aromatic N) is 1. The highest BCUT2D eigenvalue weighted by molar-refractivity contribution is 5.94. The van der Waals surface area contributed by atoms with E-state index in [0.29, 0.717) is 44.3 Å². The third-order valence-electron chi connectivity index (χ3n) is 6.03. The van der Waals surface area contributed by atoms with E-state index in [9.17, 15) is 24.3 Å². The van der Waals surface area contributed by atoms with Crippen molar-refractivity contribution < 1.29 is 24.3 Å². The lowest BCUT2D eigenvalue weighted by molar-refractivity contribution is -0.143. The molecule has 1 aromatic heterocycles. The van der Waals surface area contributed by atoms with Gasteiger partial charge in [-0.05, 0) is 44.1 Å². The van der Waals surface area contributed by atoms with Crippen LogP contribution in [0.2, 0.25) is 0 Å². The molecule has 0 aliphatic carbocycles. The van der Waals surface area contributed by atoms with Crippen LogP contribution in [0.15, 0.2) is 12.5 Å². The lowest BCUT2D eigenvalue weighted by atomic mass is 9.98. The van der Waals surface area contributed by atoms with E-state index in [4.69, 9.17) is 11.5 Å². The number of carbonyl (C=O) groups excluding carboxylic acids is 3. The number of nitrogens with two attached hydrogens (primary N) is 2. The third-order valence-corrected chi connectivity index (χ3v) is 6.03. The van der Waals surface area contributed by atoms with Crippen LogP contribution >= 0.6 is 0 Å². The van der Waals surface area contributed by atoms with Crippen molar-refractivity contribution in [2.24, 2.45) is 23.3 Å². The zero-order chi connectivity index (χ0) is 27.3. The molecule has 12 heteroatoms. The van der Waals surface area contributed by atoms with Gasteiger partial charge in [-0.15, -0.1) is 0 Å². The zero-order valence-corrected chi connectivity index (χ0v) is 21.8. The summed E-state index contributed by atoms with van der Waals surface area (Å²) in [6.45, 7) is 7.88. The SMILES string of the molecule is CCC(C)C(NC(=O)C(Cc1cnc[nH]1)NC(=O)C(CCCCN)NC(=O)C(N)CC(C)C)C(=O)O. The molecular formula is C24H43N7O5. The van der Waals surface area contributed by atoms with Gasteiger partial charge in [-0.1, -0.05) is 34.1 Å². The molecule has 0 radical (unpaired) electrons. The van der Waals surface area contributed by atoms with Gasteiger partial charge in [-0.3, -0.25) is 14.4 Å². The molecule has 0 spiro atoms. The van der Waals surface area contributed by atoms with Crippen LogP contribution < -0.4 is 27.4 Å². The van der Waals surface area contributed by atoms with Gasteiger partial charge in [-0.25, -0.2) is 9.78 Å². The Morgan fingerprint density at radius 1 is 1.03 bits per heavy atom. The summed E-state index contributed by atoms with van der Waals surface area (Å²) in [7, 11) is 0. The number of imidazole rings is 1. The molecule has 3 amide bonds. The molecular weight excluding hydrogens is 466 g/mol. The first kappa shape index (κ1) is 31.0. The highest BCUT2D eigenvalue weighted by Crippen LogP contribution is 2.10. The van der Waals surface area contributed by atoms with Gasteiger partial charge in [0.2, 0.25) is 17.7 Å². The summed E-state index contributed by atoms with van der Waals surface area (Å²) in [6.07, 6.45) is 5.57. The normalized spacial score (nSPS) is 15.4. The van der Waals surface area contributed by atoms with Crippen LogP contribution in [0, 0.1) is 11.8 Å². The number of carboxylic acids is 1. The van der Waals surface area contributed by atoms with Crippen molar-refractivity contribution in [3.63, 3.8) is 0 Å². The average molecular weight is 510 g/mol. The molecule has 1 heterocycles. The molecule has 9 N–H and O–H groups in total. The van der Waals surface area contributed by atoms with E-state index in [0.717, 1.165) is 0 Å². The van der Waals surface area contributed by atoms with Crippen molar-refractivity contribution in [2.45, 2.75) is 90.4 Å². The number of hydrogen-bond acceptors (Lipinski definition) is 7. The van der Waals surface area contributed by atoms with Crippen LogP contribution in [0.4, 0.5) is 0 Å². The van der Waals surface area contributed by atoms with E-state index >= 15 is 0 Å². The molecule has 0 aliphatic rings. The first-order valence-corrected chi connectivity index (χ1v) is 12.6. The van der Waals surface area contributed by atoms with Crippen molar-refractivity contribution >= 4 is 23.7 Å². The molecule has 0 bridgehead atoms. The number of aromatic nitrogens is 2. The van der Waals surface area contributed by atoms with Crippen molar-refractivity contribution in [2.75, 3.05) is 6.54 Å². The van der Waals surface area contributed by atoms with Crippen molar-refractivity contribution in [3.05, 3.63) is 18.2 Å². The van der Waals surface area contributed by atoms with Gasteiger partial charge in [0.25, 0.3) is 0 Å². The first-order valence-electron chi connectivity index (χ1n) is 12.6. The van der Waals surface area contributed by atoms with Gasteiger partial charge in [0.1, 0.15) is 18.1 Å². The Morgan fingerprint density at radius 2 is 1.67 bits per heavy atom. The van der Waals surface area contributed by atoms with Gasteiger partial charge in [0.15, 0.2) is 0 Å². The van der Waals surface area contributed by atoms with Crippen LogP contribution in [0.3, 0.4) is 0 Å². The summed E-state index contributed by atoms with van der Waals surface area (Å²) < 4.78 is 0. The average Bonchev–Trinajstić information content (AvgIpc) is 3.33. The minimum atomic E-state index is -1.16. The van der Waals surface area contributed by atoms with Crippen molar-refractivity contribution in [1.29, 1.82) is 0 Å². The van der Waals surface area contributed by atoms with E-state index in [-0.39, 0.29) is 18.3 Å². The van der Waals surface area contributed by atoms with Crippen LogP contribution in [0.5, 0.6) is 0 Å². The molecule has 5 atom stereocenters. The van der Waals surface area contributed by atoms with Crippen molar-refractivity contribution in [3.8, 4) is 0 Å². The minimum absolute atomic E-state index is 0.0563. The summed E-state index contributed by atoms with van der Waals surface area (Å²) in [5.74, 6) is -2.93. The number of amides is 3. The van der Waals surface area contributed by atoms with E-state index in [1.165, 1.54) is 12.5 Å². The highest BCUT2D eigenvalue weighted by Gasteiger charge is 2.32. The van der Waals surface area contributed by atoms with Crippen LogP contribution in [0.1, 0.15) is 65.5 Å². The molecule has 0 saturated carbocycles. The topological polar surface area (TPSA) is 205 Å². The molecule has 0 aliphatic heterocycles. The lowest BCUT2D eigenvalue weighted by Crippen LogP contribution is -2.58. The molecule has 0 saturated heterocycles. The molecule has 1 rings (SSSR count). The van der Waals surface area contributed by atoms with Gasteiger partial charge >= 0.3 is 5.97 Å². The Hall–Kier alpha value is -2.99. The summed E-state index contributed by atoms with van der Waals surface area (Å²) in [4.78, 5) is 57.6. The standard InChI is InChI=1S/C24H43N7O5/c1-5-15(4)20(24(35)36)31-23(34)19(11-16-12-27-13-28-16)30-22(33)18(8-6-7-9-25)29-21(32)17(26)10-14(2)3/h12-15,17-20H,5-11,25-26H2,1-4H3,(H,27,28)(H,29,32)(H,30,33)(H,31,34)(H,35,36). The Balaban J connectivity index is 3.07. The number of unbranched alkanes of at least 4 members (excludes halogenated alkanes) is 1. The van der Waals surface area contributed by atoms with Crippen LogP contribution in [0.25, 0.3) is 0 Å². The number of H-pyrrole nitrogens is 1. The lowest BCUT2D eigenvalue weighted by Gasteiger charge is -2.26. The zero-order valence-electron chi connectivity index (χ0n) is 21.8. The number of aromatic amines is 1.